The molecule has 7 aromatic rings. The Morgan fingerprint density at radius 2 is 1.27 bits per heavy atom. The summed E-state index contributed by atoms with van der Waals surface area (Å²) < 4.78 is 6.39. The van der Waals surface area contributed by atoms with E-state index in [0.29, 0.717) is 17.2 Å². The van der Waals surface area contributed by atoms with Crippen molar-refractivity contribution in [1.29, 1.82) is 0 Å². The zero-order chi connectivity index (χ0) is 28.6. The largest absolute Gasteiger partial charge is 2.00 e. The fourth-order valence-corrected chi connectivity index (χ4v) is 6.10. The Labute approximate surface area is 270 Å². The fraction of sp³-hybridized carbons (Fsp3) is 0.0263. The van der Waals surface area contributed by atoms with E-state index < -0.39 is 5.41 Å². The Morgan fingerprint density at radius 3 is 2.00 bits per heavy atom. The summed E-state index contributed by atoms with van der Waals surface area (Å²) in [6, 6.07) is 51.9. The molecule has 0 saturated heterocycles. The van der Waals surface area contributed by atoms with Crippen LogP contribution in [0, 0.1) is 12.1 Å². The molecule has 0 amide bonds. The summed E-state index contributed by atoms with van der Waals surface area (Å²) >= 11 is 0. The number of nitrogens with zero attached hydrogens (tertiary/aromatic N) is 4. The van der Waals surface area contributed by atoms with Crippen LogP contribution in [0.5, 0.6) is 11.5 Å². The molecule has 0 fully saturated rings. The number of rotatable bonds is 6. The van der Waals surface area contributed by atoms with Gasteiger partial charge in [0, 0.05) is 23.3 Å². The molecule has 0 aliphatic heterocycles. The van der Waals surface area contributed by atoms with Crippen LogP contribution in [-0.2, 0) is 26.5 Å². The molecule has 1 aliphatic rings. The zero-order valence-electron chi connectivity index (χ0n) is 23.4. The van der Waals surface area contributed by atoms with Crippen LogP contribution in [0.3, 0.4) is 0 Å². The number of aromatic nitrogens is 4. The number of hydrogen-bond donors (Lipinski definition) is 0. The molecule has 0 radical (unpaired) electrons. The van der Waals surface area contributed by atoms with Crippen LogP contribution < -0.4 is 4.74 Å². The van der Waals surface area contributed by atoms with Gasteiger partial charge in [0.25, 0.3) is 0 Å². The standard InChI is InChI=1S/C38H24N4O.Pt/c1-2-12-27(13-3-1)36-26-40-42(41-36)29-15-11-17-31(25-29)43-30-16-10-14-28(24-30)38(37-22-8-9-23-39-37)34-20-6-4-18-32(34)33-19-5-7-21-35(33)38;/h1-23,26H;/q-2;+2. The van der Waals surface area contributed by atoms with E-state index in [-0.39, 0.29) is 21.1 Å². The van der Waals surface area contributed by atoms with Gasteiger partial charge in [-0.1, -0.05) is 84.9 Å². The summed E-state index contributed by atoms with van der Waals surface area (Å²) in [5.41, 5.74) is 8.48. The van der Waals surface area contributed by atoms with Crippen molar-refractivity contribution in [2.75, 3.05) is 0 Å². The average molecular weight is 748 g/mol. The van der Waals surface area contributed by atoms with Gasteiger partial charge in [0.1, 0.15) is 5.69 Å². The first-order valence-corrected chi connectivity index (χ1v) is 14.1. The van der Waals surface area contributed by atoms with Crippen molar-refractivity contribution in [3.8, 4) is 39.6 Å². The summed E-state index contributed by atoms with van der Waals surface area (Å²) in [6.07, 6.45) is 3.61. The molecule has 8 rings (SSSR count). The van der Waals surface area contributed by atoms with Gasteiger partial charge in [-0.3, -0.25) is 4.98 Å². The minimum Gasteiger partial charge on any atom is -0.509 e. The number of pyridine rings is 1. The topological polar surface area (TPSA) is 52.8 Å². The van der Waals surface area contributed by atoms with Crippen LogP contribution in [0.2, 0.25) is 0 Å². The zero-order valence-corrected chi connectivity index (χ0v) is 25.6. The van der Waals surface area contributed by atoms with E-state index >= 15 is 0 Å². The molecule has 0 unspecified atom stereocenters. The number of fused-ring (bicyclic) bond motifs is 3. The van der Waals surface area contributed by atoms with Gasteiger partial charge in [-0.05, 0) is 40.1 Å². The molecule has 212 valence electrons. The fourth-order valence-electron chi connectivity index (χ4n) is 6.10. The third kappa shape index (κ3) is 4.57. The maximum Gasteiger partial charge on any atom is 2.00 e. The molecule has 2 heterocycles. The van der Waals surface area contributed by atoms with Crippen molar-refractivity contribution >= 4 is 0 Å². The minimum atomic E-state index is -0.647. The predicted molar refractivity (Wildman–Crippen MR) is 166 cm³/mol. The van der Waals surface area contributed by atoms with Crippen LogP contribution in [0.25, 0.3) is 28.1 Å². The van der Waals surface area contributed by atoms with Gasteiger partial charge in [-0.2, -0.15) is 33.2 Å². The molecule has 6 heteroatoms. The molecular formula is C38H24N4OPt. The Balaban J connectivity index is 0.00000312. The quantitative estimate of drug-likeness (QED) is 0.162. The van der Waals surface area contributed by atoms with E-state index in [1.165, 1.54) is 22.3 Å². The van der Waals surface area contributed by atoms with Crippen LogP contribution in [0.4, 0.5) is 0 Å². The molecule has 5 nitrogen and oxygen atoms in total. The Morgan fingerprint density at radius 1 is 0.614 bits per heavy atom. The number of hydrogen-bond acceptors (Lipinski definition) is 4. The van der Waals surface area contributed by atoms with Crippen LogP contribution in [0.15, 0.2) is 146 Å². The van der Waals surface area contributed by atoms with E-state index in [4.69, 9.17) is 9.72 Å². The molecule has 0 atom stereocenters. The smallest absolute Gasteiger partial charge is 0.509 e. The molecular weight excluding hydrogens is 724 g/mol. The van der Waals surface area contributed by atoms with Crippen LogP contribution in [-0.4, -0.2) is 20.0 Å². The summed E-state index contributed by atoms with van der Waals surface area (Å²) in [5, 5.41) is 9.12. The second-order valence-electron chi connectivity index (χ2n) is 10.4. The molecule has 0 N–H and O–H groups in total. The second-order valence-corrected chi connectivity index (χ2v) is 10.4. The molecule has 5 aromatic carbocycles. The van der Waals surface area contributed by atoms with Gasteiger partial charge in [0.2, 0.25) is 0 Å². The maximum absolute atomic E-state index is 6.39. The Bertz CT molecular complexity index is 2030. The summed E-state index contributed by atoms with van der Waals surface area (Å²) in [6.45, 7) is 0. The molecule has 0 bridgehead atoms. The average Bonchev–Trinajstić information content (AvgIpc) is 3.69. The van der Waals surface area contributed by atoms with Gasteiger partial charge in [0.15, 0.2) is 0 Å². The third-order valence-corrected chi connectivity index (χ3v) is 7.92. The van der Waals surface area contributed by atoms with Gasteiger partial charge in [0.05, 0.1) is 17.3 Å². The van der Waals surface area contributed by atoms with E-state index in [2.05, 4.69) is 83.0 Å². The summed E-state index contributed by atoms with van der Waals surface area (Å²) in [7, 11) is 0. The molecule has 2 aromatic heterocycles. The first-order chi connectivity index (χ1) is 21.3. The number of ether oxygens (including phenoxy) is 1. The summed E-state index contributed by atoms with van der Waals surface area (Å²) in [5.74, 6) is 1.13. The second kappa shape index (κ2) is 11.5. The summed E-state index contributed by atoms with van der Waals surface area (Å²) in [4.78, 5) is 6.47. The molecule has 0 saturated carbocycles. The van der Waals surface area contributed by atoms with Gasteiger partial charge in [-0.15, -0.1) is 35.9 Å². The van der Waals surface area contributed by atoms with Gasteiger partial charge >= 0.3 is 21.1 Å². The first kappa shape index (κ1) is 27.7. The van der Waals surface area contributed by atoms with E-state index in [0.717, 1.165) is 22.5 Å². The van der Waals surface area contributed by atoms with Gasteiger partial charge < -0.3 is 4.74 Å². The monoisotopic (exact) mass is 747 g/mol. The Hall–Kier alpha value is -5.12. The van der Waals surface area contributed by atoms with Gasteiger partial charge in [-0.25, -0.2) is 0 Å². The van der Waals surface area contributed by atoms with Crippen LogP contribution >= 0.6 is 0 Å². The van der Waals surface area contributed by atoms with Crippen molar-refractivity contribution in [3.05, 3.63) is 180 Å². The Kier molecular flexibility index (Phi) is 7.25. The third-order valence-electron chi connectivity index (χ3n) is 7.92. The number of benzene rings is 5. The normalized spacial score (nSPS) is 12.5. The molecule has 44 heavy (non-hydrogen) atoms. The van der Waals surface area contributed by atoms with E-state index in [1.54, 1.807) is 11.0 Å². The van der Waals surface area contributed by atoms with Crippen molar-refractivity contribution in [1.82, 2.24) is 20.0 Å². The first-order valence-electron chi connectivity index (χ1n) is 14.1. The maximum atomic E-state index is 6.39. The van der Waals surface area contributed by atoms with E-state index in [1.807, 2.05) is 79.0 Å². The van der Waals surface area contributed by atoms with Crippen molar-refractivity contribution in [3.63, 3.8) is 0 Å². The van der Waals surface area contributed by atoms with Crippen molar-refractivity contribution in [2.24, 2.45) is 0 Å². The molecule has 1 aliphatic carbocycles. The predicted octanol–water partition coefficient (Wildman–Crippen LogP) is 8.08. The SMILES string of the molecule is [Pt+2].[c-]1c(Oc2[c-]c(C3(c4ccccn4)c4ccccc4-c4ccccc43)ccc2)cccc1-n1ncc(-c2ccccc2)n1. The minimum absolute atomic E-state index is 0. The van der Waals surface area contributed by atoms with Crippen molar-refractivity contribution < 1.29 is 25.8 Å². The van der Waals surface area contributed by atoms with E-state index in [9.17, 15) is 0 Å². The molecule has 0 spiro atoms. The van der Waals surface area contributed by atoms with Crippen molar-refractivity contribution in [2.45, 2.75) is 5.41 Å². The van der Waals surface area contributed by atoms with Crippen LogP contribution in [0.1, 0.15) is 22.4 Å².